The number of ether oxygens (including phenoxy) is 1. The molecular formula is C40H53FN2O2. The first-order chi connectivity index (χ1) is 21.6. The maximum Gasteiger partial charge on any atom is 0.333 e. The molecule has 0 amide bonds. The van der Waals surface area contributed by atoms with Gasteiger partial charge in [0.15, 0.2) is 0 Å². The summed E-state index contributed by atoms with van der Waals surface area (Å²) in [6.45, 7) is 18.9. The molecule has 1 heterocycles. The highest BCUT2D eigenvalue weighted by Crippen LogP contribution is 2.38. The standard InChI is InChI=1S/C40H53FN2O2/c1-8-10-24-40(41,25-11-14-30(3)4)35-20-18-31(5)36(22-21-35)34-19-17-32(6)37(29-34)38(23-26-42-7)43-27-12-15-33(16-13-28-43)39(44)45-9-2/h11,14-15,18-23,26,29-30H,5-6,8-10,12-13,16-17,24-25,27-28H2,1-4,7H3/b14-11+,33-15-,38-23+,42-26-/t40-/m0/s1. The first kappa shape index (κ1) is 35.7. The van der Waals surface area contributed by atoms with E-state index < -0.39 is 5.67 Å². The third-order valence-corrected chi connectivity index (χ3v) is 8.41. The molecule has 1 atom stereocenters. The van der Waals surface area contributed by atoms with E-state index in [1.165, 1.54) is 0 Å². The highest BCUT2D eigenvalue weighted by molar-refractivity contribution is 5.88. The molecule has 0 aromatic rings. The SMILES string of the molecule is C=C1C=CC([C@@](F)(C/C=C/C(C)C)CCCC)=CC=C1C1=CCC(=C)C(/C(=C\C=N/C)N2CC/C=C(\C(=O)OCC)CCC2)=C1. The highest BCUT2D eigenvalue weighted by atomic mass is 19.1. The zero-order chi connectivity index (χ0) is 32.8. The summed E-state index contributed by atoms with van der Waals surface area (Å²) in [7, 11) is 1.77. The highest BCUT2D eigenvalue weighted by Gasteiger charge is 2.32. The summed E-state index contributed by atoms with van der Waals surface area (Å²) < 4.78 is 21.8. The molecule has 0 saturated carbocycles. The number of aliphatic imine (C=N–C) groups is 1. The predicted molar refractivity (Wildman–Crippen MR) is 189 cm³/mol. The van der Waals surface area contributed by atoms with Gasteiger partial charge in [0.05, 0.1) is 6.61 Å². The van der Waals surface area contributed by atoms with Crippen LogP contribution in [0.1, 0.15) is 79.1 Å². The Hall–Kier alpha value is -3.73. The van der Waals surface area contributed by atoms with Crippen LogP contribution in [-0.2, 0) is 9.53 Å². The number of unbranched alkanes of at least 4 members (excludes halogenated alkanes) is 1. The van der Waals surface area contributed by atoms with Gasteiger partial charge in [-0.3, -0.25) is 4.99 Å². The van der Waals surface area contributed by atoms with E-state index in [1.807, 2.05) is 49.6 Å². The molecule has 5 heteroatoms. The van der Waals surface area contributed by atoms with Crippen LogP contribution in [0.3, 0.4) is 0 Å². The van der Waals surface area contributed by atoms with Crippen LogP contribution in [0.5, 0.6) is 0 Å². The Bertz CT molecular complexity index is 1380. The fourth-order valence-corrected chi connectivity index (χ4v) is 5.88. The maximum absolute atomic E-state index is 16.6. The summed E-state index contributed by atoms with van der Waals surface area (Å²) in [6, 6.07) is 0. The van der Waals surface area contributed by atoms with Crippen LogP contribution in [0.15, 0.2) is 124 Å². The lowest BCUT2D eigenvalue weighted by molar-refractivity contribution is -0.138. The minimum atomic E-state index is -1.43. The van der Waals surface area contributed by atoms with Crippen LogP contribution < -0.4 is 0 Å². The molecule has 0 aromatic heterocycles. The minimum absolute atomic E-state index is 0.205. The summed E-state index contributed by atoms with van der Waals surface area (Å²) in [5.74, 6) is 0.183. The topological polar surface area (TPSA) is 41.9 Å². The third kappa shape index (κ3) is 10.1. The summed E-state index contributed by atoms with van der Waals surface area (Å²) >= 11 is 0. The van der Waals surface area contributed by atoms with Gasteiger partial charge in [0.2, 0.25) is 0 Å². The summed E-state index contributed by atoms with van der Waals surface area (Å²) in [4.78, 5) is 18.9. The molecule has 3 rings (SSSR count). The molecule has 4 nitrogen and oxygen atoms in total. The molecule has 0 spiro atoms. The van der Waals surface area contributed by atoms with Crippen LogP contribution >= 0.6 is 0 Å². The lowest BCUT2D eigenvalue weighted by Gasteiger charge is -2.32. The van der Waals surface area contributed by atoms with Crippen molar-refractivity contribution in [2.75, 3.05) is 26.7 Å². The number of carbonyl (C=O) groups excluding carboxylic acids is 1. The van der Waals surface area contributed by atoms with Gasteiger partial charge in [-0.2, -0.15) is 0 Å². The van der Waals surface area contributed by atoms with Gasteiger partial charge in [-0.15, -0.1) is 0 Å². The fourth-order valence-electron chi connectivity index (χ4n) is 5.88. The second-order valence-corrected chi connectivity index (χ2v) is 12.3. The van der Waals surface area contributed by atoms with E-state index in [0.717, 1.165) is 77.9 Å². The van der Waals surface area contributed by atoms with Gasteiger partial charge in [0.25, 0.3) is 0 Å². The van der Waals surface area contributed by atoms with Crippen molar-refractivity contribution in [2.45, 2.75) is 84.7 Å². The number of hydrogen-bond acceptors (Lipinski definition) is 4. The molecule has 0 aromatic carbocycles. The lowest BCUT2D eigenvalue weighted by Crippen LogP contribution is -2.29. The van der Waals surface area contributed by atoms with Crippen LogP contribution in [0.4, 0.5) is 4.39 Å². The van der Waals surface area contributed by atoms with E-state index in [2.05, 4.69) is 68.1 Å². The third-order valence-electron chi connectivity index (χ3n) is 8.41. The average molecular weight is 613 g/mol. The molecule has 0 saturated heterocycles. The zero-order valence-electron chi connectivity index (χ0n) is 28.2. The maximum atomic E-state index is 16.6. The molecule has 45 heavy (non-hydrogen) atoms. The van der Waals surface area contributed by atoms with Crippen LogP contribution in [-0.4, -0.2) is 49.5 Å². The van der Waals surface area contributed by atoms with Gasteiger partial charge in [0.1, 0.15) is 5.67 Å². The molecule has 0 fully saturated rings. The van der Waals surface area contributed by atoms with Crippen molar-refractivity contribution in [3.8, 4) is 0 Å². The number of esters is 1. The van der Waals surface area contributed by atoms with Crippen LogP contribution in [0.2, 0.25) is 0 Å². The van der Waals surface area contributed by atoms with Gasteiger partial charge >= 0.3 is 5.97 Å². The van der Waals surface area contributed by atoms with E-state index in [4.69, 9.17) is 4.74 Å². The number of alkyl halides is 1. The minimum Gasteiger partial charge on any atom is -0.463 e. The first-order valence-electron chi connectivity index (χ1n) is 16.6. The summed E-state index contributed by atoms with van der Waals surface area (Å²) in [5.41, 5.74) is 6.10. The number of allylic oxidation sites excluding steroid dienone is 14. The van der Waals surface area contributed by atoms with Crippen molar-refractivity contribution in [1.82, 2.24) is 4.90 Å². The molecule has 0 unspecified atom stereocenters. The molecule has 0 bridgehead atoms. The first-order valence-corrected chi connectivity index (χ1v) is 16.6. The molecule has 3 aliphatic rings. The second-order valence-electron chi connectivity index (χ2n) is 12.3. The molecule has 0 radical (unpaired) electrons. The van der Waals surface area contributed by atoms with Gasteiger partial charge in [0, 0.05) is 49.6 Å². The largest absolute Gasteiger partial charge is 0.463 e. The molecule has 2 aliphatic carbocycles. The molecular weight excluding hydrogens is 559 g/mol. The van der Waals surface area contributed by atoms with Gasteiger partial charge in [-0.25, -0.2) is 9.18 Å². The van der Waals surface area contributed by atoms with Gasteiger partial charge < -0.3 is 9.64 Å². The summed E-state index contributed by atoms with van der Waals surface area (Å²) in [5, 5.41) is 0. The van der Waals surface area contributed by atoms with E-state index in [0.29, 0.717) is 43.8 Å². The fraction of sp³-hybridized carbons (Fsp3) is 0.450. The number of halogens is 1. The Morgan fingerprint density at radius 2 is 1.98 bits per heavy atom. The Balaban J connectivity index is 1.95. The molecule has 0 N–H and O–H groups in total. The van der Waals surface area contributed by atoms with E-state index >= 15 is 4.39 Å². The van der Waals surface area contributed by atoms with Crippen molar-refractivity contribution < 1.29 is 13.9 Å². The van der Waals surface area contributed by atoms with Gasteiger partial charge in [-0.05, 0) is 85.0 Å². The van der Waals surface area contributed by atoms with Gasteiger partial charge in [-0.1, -0.05) is 95.4 Å². The monoisotopic (exact) mass is 612 g/mol. The average Bonchev–Trinajstić information content (AvgIpc) is 3.19. The number of carbonyl (C=O) groups is 1. The Labute approximate surface area is 271 Å². The van der Waals surface area contributed by atoms with E-state index in [1.54, 1.807) is 7.05 Å². The second kappa shape index (κ2) is 17.7. The van der Waals surface area contributed by atoms with E-state index in [9.17, 15) is 4.79 Å². The predicted octanol–water partition coefficient (Wildman–Crippen LogP) is 9.84. The van der Waals surface area contributed by atoms with Crippen molar-refractivity contribution in [1.29, 1.82) is 0 Å². The van der Waals surface area contributed by atoms with Crippen LogP contribution in [0.25, 0.3) is 0 Å². The summed E-state index contributed by atoms with van der Waals surface area (Å²) in [6.07, 6.45) is 27.8. The quantitative estimate of drug-likeness (QED) is 0.118. The zero-order valence-corrected chi connectivity index (χ0v) is 28.2. The lowest BCUT2D eigenvalue weighted by atomic mass is 9.86. The number of hydrogen-bond donors (Lipinski definition) is 0. The molecule has 242 valence electrons. The smallest absolute Gasteiger partial charge is 0.333 e. The van der Waals surface area contributed by atoms with E-state index in [-0.39, 0.29) is 5.97 Å². The van der Waals surface area contributed by atoms with Crippen molar-refractivity contribution >= 4 is 12.2 Å². The van der Waals surface area contributed by atoms with Crippen molar-refractivity contribution in [3.05, 3.63) is 119 Å². The Morgan fingerprint density at radius 1 is 1.18 bits per heavy atom. The van der Waals surface area contributed by atoms with Crippen molar-refractivity contribution in [3.63, 3.8) is 0 Å². The number of rotatable bonds is 13. The normalized spacial score (nSPS) is 21.0. The Morgan fingerprint density at radius 3 is 2.69 bits per heavy atom. The number of nitrogens with zero attached hydrogens (tertiary/aromatic N) is 2. The molecule has 1 aliphatic heterocycles. The van der Waals surface area contributed by atoms with Crippen molar-refractivity contribution in [2.24, 2.45) is 10.9 Å². The van der Waals surface area contributed by atoms with Crippen LogP contribution in [0, 0.1) is 5.92 Å². The Kier molecular flexibility index (Phi) is 14.0.